The average Bonchev–Trinajstić information content (AvgIpc) is 2.86. The normalized spacial score (nSPS) is 19.0. The summed E-state index contributed by atoms with van der Waals surface area (Å²) in [5, 5.41) is 4.83. The molecule has 1 atom stereocenters. The number of esters is 1. The van der Waals surface area contributed by atoms with Crippen LogP contribution in [0, 0.1) is 5.82 Å². The number of hydrogen-bond donors (Lipinski definition) is 2. The van der Waals surface area contributed by atoms with E-state index in [2.05, 4.69) is 10.6 Å². The Morgan fingerprint density at radius 3 is 2.50 bits per heavy atom. The fourth-order valence-electron chi connectivity index (χ4n) is 2.66. The van der Waals surface area contributed by atoms with E-state index in [-0.39, 0.29) is 11.5 Å². The number of rotatable bonds is 5. The maximum Gasteiger partial charge on any atom is 0.343 e. The third-order valence-corrected chi connectivity index (χ3v) is 4.23. The smallest absolute Gasteiger partial charge is 0.343 e. The fourth-order valence-corrected chi connectivity index (χ4v) is 2.66. The molecule has 134 valence electrons. The third-order valence-electron chi connectivity index (χ3n) is 4.23. The van der Waals surface area contributed by atoms with Crippen LogP contribution < -0.4 is 15.4 Å². The van der Waals surface area contributed by atoms with Gasteiger partial charge < -0.3 is 10.1 Å². The Morgan fingerprint density at radius 1 is 1.15 bits per heavy atom. The summed E-state index contributed by atoms with van der Waals surface area (Å²) in [6, 6.07) is 11.6. The molecule has 1 aliphatic rings. The molecule has 26 heavy (non-hydrogen) atoms. The summed E-state index contributed by atoms with van der Waals surface area (Å²) in [5.41, 5.74) is 0.121. The zero-order valence-electron chi connectivity index (χ0n) is 14.0. The van der Waals surface area contributed by atoms with Crippen LogP contribution in [0.4, 0.5) is 9.18 Å². The van der Waals surface area contributed by atoms with Crippen LogP contribution in [0.5, 0.6) is 5.75 Å². The Labute approximate surface area is 149 Å². The van der Waals surface area contributed by atoms with E-state index in [9.17, 15) is 18.8 Å². The number of hydrogen-bond acceptors (Lipinski definition) is 4. The molecule has 2 N–H and O–H groups in total. The van der Waals surface area contributed by atoms with Gasteiger partial charge in [-0.15, -0.1) is 0 Å². The maximum atomic E-state index is 13.2. The van der Waals surface area contributed by atoms with Crippen molar-refractivity contribution in [2.75, 3.05) is 0 Å². The van der Waals surface area contributed by atoms with Gasteiger partial charge >= 0.3 is 12.0 Å². The molecule has 1 saturated heterocycles. The van der Waals surface area contributed by atoms with Crippen molar-refractivity contribution < 1.29 is 23.5 Å². The van der Waals surface area contributed by atoms with Gasteiger partial charge in [0.2, 0.25) is 0 Å². The van der Waals surface area contributed by atoms with Crippen LogP contribution in [-0.2, 0) is 11.2 Å². The highest BCUT2D eigenvalue weighted by atomic mass is 19.1. The minimum Gasteiger partial charge on any atom is -0.423 e. The van der Waals surface area contributed by atoms with Crippen molar-refractivity contribution in [3.63, 3.8) is 0 Å². The molecule has 0 radical (unpaired) electrons. The molecule has 0 aliphatic carbocycles. The van der Waals surface area contributed by atoms with Crippen LogP contribution >= 0.6 is 0 Å². The maximum absolute atomic E-state index is 13.2. The Hall–Kier alpha value is -3.22. The van der Waals surface area contributed by atoms with Crippen molar-refractivity contribution in [2.45, 2.75) is 25.3 Å². The first-order chi connectivity index (χ1) is 12.4. The van der Waals surface area contributed by atoms with Gasteiger partial charge in [0.1, 0.15) is 17.1 Å². The molecule has 1 aliphatic heterocycles. The largest absolute Gasteiger partial charge is 0.423 e. The summed E-state index contributed by atoms with van der Waals surface area (Å²) in [6.45, 7) is 1.67. The number of carbonyl (C=O) groups excluding carboxylic acids is 3. The van der Waals surface area contributed by atoms with Crippen LogP contribution in [0.3, 0.4) is 0 Å². The van der Waals surface area contributed by atoms with E-state index < -0.39 is 23.4 Å². The van der Waals surface area contributed by atoms with Gasteiger partial charge in [0.15, 0.2) is 0 Å². The average molecular weight is 356 g/mol. The molecule has 0 aromatic heterocycles. The fraction of sp³-hybridized carbons (Fsp3) is 0.211. The first-order valence-electron chi connectivity index (χ1n) is 8.06. The molecular formula is C19H17FN2O4. The molecule has 1 heterocycles. The van der Waals surface area contributed by atoms with E-state index in [1.54, 1.807) is 31.2 Å². The number of ether oxygens (including phenoxy) is 1. The van der Waals surface area contributed by atoms with Crippen LogP contribution in [0.2, 0.25) is 0 Å². The van der Waals surface area contributed by atoms with Crippen LogP contribution in [0.25, 0.3) is 0 Å². The highest BCUT2D eigenvalue weighted by Crippen LogP contribution is 2.20. The van der Waals surface area contributed by atoms with Gasteiger partial charge in [0.05, 0.1) is 5.56 Å². The van der Waals surface area contributed by atoms with Gasteiger partial charge in [-0.05, 0) is 55.7 Å². The first kappa shape index (κ1) is 17.6. The minimum absolute atomic E-state index is 0.130. The Morgan fingerprint density at radius 2 is 1.88 bits per heavy atom. The number of nitrogens with one attached hydrogen (secondary N) is 2. The molecule has 7 heteroatoms. The molecule has 3 amide bonds. The predicted octanol–water partition coefficient (Wildman–Crippen LogP) is 2.58. The summed E-state index contributed by atoms with van der Waals surface area (Å²) in [6.07, 6.45) is 0.995. The minimum atomic E-state index is -0.931. The van der Waals surface area contributed by atoms with E-state index in [0.717, 1.165) is 11.6 Å². The van der Waals surface area contributed by atoms with E-state index in [1.165, 1.54) is 18.2 Å². The number of benzene rings is 2. The number of aryl methyl sites for hydroxylation is 1. The summed E-state index contributed by atoms with van der Waals surface area (Å²) < 4.78 is 18.4. The second kappa shape index (κ2) is 6.95. The molecule has 2 aromatic carbocycles. The van der Waals surface area contributed by atoms with Crippen molar-refractivity contribution in [1.82, 2.24) is 10.6 Å². The zero-order valence-corrected chi connectivity index (χ0v) is 14.0. The van der Waals surface area contributed by atoms with Gasteiger partial charge in [-0.1, -0.05) is 18.2 Å². The zero-order chi connectivity index (χ0) is 18.7. The standard InChI is InChI=1S/C19H17FN2O4/c1-19(17(24)21-18(25)22-19)10-9-12-5-7-15(8-6-12)26-16(23)13-3-2-4-14(20)11-13/h2-8,11H,9-10H2,1H3,(H2,21,22,24,25)/t19-/m0/s1. The molecule has 0 spiro atoms. The van der Waals surface area contributed by atoms with Crippen molar-refractivity contribution in [2.24, 2.45) is 0 Å². The van der Waals surface area contributed by atoms with E-state index in [0.29, 0.717) is 18.6 Å². The lowest BCUT2D eigenvalue weighted by atomic mass is 9.93. The first-order valence-corrected chi connectivity index (χ1v) is 8.06. The van der Waals surface area contributed by atoms with E-state index in [4.69, 9.17) is 4.74 Å². The second-order valence-corrected chi connectivity index (χ2v) is 6.28. The predicted molar refractivity (Wildman–Crippen MR) is 91.2 cm³/mol. The number of carbonyl (C=O) groups is 3. The molecule has 0 saturated carbocycles. The molecular weight excluding hydrogens is 339 g/mol. The monoisotopic (exact) mass is 356 g/mol. The van der Waals surface area contributed by atoms with Crippen LogP contribution in [0.15, 0.2) is 48.5 Å². The SMILES string of the molecule is C[C@@]1(CCc2ccc(OC(=O)c3cccc(F)c3)cc2)NC(=O)NC1=O. The number of halogens is 1. The van der Waals surface area contributed by atoms with E-state index >= 15 is 0 Å². The molecule has 6 nitrogen and oxygen atoms in total. The molecule has 0 bridgehead atoms. The lowest BCUT2D eigenvalue weighted by Crippen LogP contribution is -2.43. The molecule has 0 unspecified atom stereocenters. The number of amides is 3. The van der Waals surface area contributed by atoms with Gasteiger partial charge in [-0.2, -0.15) is 0 Å². The third kappa shape index (κ3) is 3.88. The van der Waals surface area contributed by atoms with Crippen molar-refractivity contribution in [3.8, 4) is 5.75 Å². The van der Waals surface area contributed by atoms with E-state index in [1.807, 2.05) is 0 Å². The Kier molecular flexibility index (Phi) is 4.71. The van der Waals surface area contributed by atoms with Crippen molar-refractivity contribution >= 4 is 17.9 Å². The van der Waals surface area contributed by atoms with Crippen molar-refractivity contribution in [1.29, 1.82) is 0 Å². The molecule has 1 fully saturated rings. The van der Waals surface area contributed by atoms with Crippen LogP contribution in [-0.4, -0.2) is 23.4 Å². The summed E-state index contributed by atoms with van der Waals surface area (Å²) >= 11 is 0. The lowest BCUT2D eigenvalue weighted by molar-refractivity contribution is -0.123. The van der Waals surface area contributed by atoms with Gasteiger partial charge in [0, 0.05) is 0 Å². The van der Waals surface area contributed by atoms with Gasteiger partial charge in [-0.25, -0.2) is 14.0 Å². The highest BCUT2D eigenvalue weighted by molar-refractivity contribution is 6.06. The number of urea groups is 1. The highest BCUT2D eigenvalue weighted by Gasteiger charge is 2.41. The lowest BCUT2D eigenvalue weighted by Gasteiger charge is -2.20. The topological polar surface area (TPSA) is 84.5 Å². The molecule has 2 aromatic rings. The summed E-state index contributed by atoms with van der Waals surface area (Å²) in [5.74, 6) is -1.16. The Balaban J connectivity index is 1.59. The Bertz CT molecular complexity index is 866. The van der Waals surface area contributed by atoms with Gasteiger partial charge in [0.25, 0.3) is 5.91 Å². The molecule has 3 rings (SSSR count). The van der Waals surface area contributed by atoms with Crippen molar-refractivity contribution in [3.05, 3.63) is 65.5 Å². The summed E-state index contributed by atoms with van der Waals surface area (Å²) in [7, 11) is 0. The number of imide groups is 1. The summed E-state index contributed by atoms with van der Waals surface area (Å²) in [4.78, 5) is 35.0. The quantitative estimate of drug-likeness (QED) is 0.490. The second-order valence-electron chi connectivity index (χ2n) is 6.28. The van der Waals surface area contributed by atoms with Gasteiger partial charge in [-0.3, -0.25) is 10.1 Å². The van der Waals surface area contributed by atoms with Crippen LogP contribution in [0.1, 0.15) is 29.3 Å².